The zero-order valence-corrected chi connectivity index (χ0v) is 16.6. The maximum atomic E-state index is 13.6. The van der Waals surface area contributed by atoms with Crippen molar-refractivity contribution in [2.75, 3.05) is 5.32 Å². The van der Waals surface area contributed by atoms with Gasteiger partial charge in [-0.3, -0.25) is 4.79 Å². The molecule has 3 rings (SSSR count). The summed E-state index contributed by atoms with van der Waals surface area (Å²) in [4.78, 5) is 12.4. The van der Waals surface area contributed by atoms with Crippen molar-refractivity contribution in [1.82, 2.24) is 14.8 Å². The molecule has 0 fully saturated rings. The molecule has 2 aromatic carbocycles. The quantitative estimate of drug-likeness (QED) is 0.626. The third-order valence-electron chi connectivity index (χ3n) is 4.04. The summed E-state index contributed by atoms with van der Waals surface area (Å²) in [6.07, 6.45) is 0. The summed E-state index contributed by atoms with van der Waals surface area (Å²) in [5.74, 6) is 0.0210. The Kier molecular flexibility index (Phi) is 5.82. The molecule has 140 valence electrons. The topological polar surface area (TPSA) is 59.8 Å². The highest BCUT2D eigenvalue weighted by Crippen LogP contribution is 2.30. The fraction of sp³-hybridized carbons (Fsp3) is 0.211. The summed E-state index contributed by atoms with van der Waals surface area (Å²) >= 11 is 7.49. The number of aryl methyl sites for hydroxylation is 1. The van der Waals surface area contributed by atoms with Gasteiger partial charge in [0.15, 0.2) is 11.0 Å². The van der Waals surface area contributed by atoms with Crippen LogP contribution in [0, 0.1) is 12.7 Å². The lowest BCUT2D eigenvalue weighted by molar-refractivity contribution is -0.115. The number of hydrogen-bond donors (Lipinski definition) is 1. The average molecular weight is 405 g/mol. The third-order valence-corrected chi connectivity index (χ3v) is 5.50. The Labute approximate surface area is 166 Å². The number of anilines is 1. The van der Waals surface area contributed by atoms with Crippen molar-refractivity contribution in [2.24, 2.45) is 7.05 Å². The van der Waals surface area contributed by atoms with Gasteiger partial charge in [0, 0.05) is 18.3 Å². The number of nitrogens with one attached hydrogen (secondary N) is 1. The van der Waals surface area contributed by atoms with Crippen molar-refractivity contribution in [2.45, 2.75) is 24.3 Å². The zero-order chi connectivity index (χ0) is 19.6. The second kappa shape index (κ2) is 8.10. The van der Waals surface area contributed by atoms with E-state index in [2.05, 4.69) is 15.5 Å². The number of rotatable bonds is 5. The van der Waals surface area contributed by atoms with E-state index < -0.39 is 5.25 Å². The normalized spacial score (nSPS) is 12.0. The summed E-state index contributed by atoms with van der Waals surface area (Å²) in [7, 11) is 1.82. The molecule has 0 bridgehead atoms. The van der Waals surface area contributed by atoms with Gasteiger partial charge in [0.25, 0.3) is 0 Å². The van der Waals surface area contributed by atoms with Crippen LogP contribution in [-0.2, 0) is 11.8 Å². The van der Waals surface area contributed by atoms with Crippen molar-refractivity contribution in [3.05, 3.63) is 58.9 Å². The highest BCUT2D eigenvalue weighted by molar-refractivity contribution is 8.00. The average Bonchev–Trinajstić information content (AvgIpc) is 2.99. The minimum absolute atomic E-state index is 0.245. The molecule has 0 unspecified atom stereocenters. The lowest BCUT2D eigenvalue weighted by Gasteiger charge is -2.12. The van der Waals surface area contributed by atoms with Crippen LogP contribution >= 0.6 is 23.4 Å². The molecule has 0 saturated heterocycles. The third kappa shape index (κ3) is 4.31. The summed E-state index contributed by atoms with van der Waals surface area (Å²) in [5, 5.41) is 11.8. The fourth-order valence-electron chi connectivity index (χ4n) is 2.42. The Morgan fingerprint density at radius 1 is 1.26 bits per heavy atom. The van der Waals surface area contributed by atoms with Gasteiger partial charge in [-0.15, -0.1) is 10.2 Å². The molecule has 1 heterocycles. The second-order valence-electron chi connectivity index (χ2n) is 6.06. The number of carbonyl (C=O) groups is 1. The van der Waals surface area contributed by atoms with Crippen LogP contribution < -0.4 is 5.32 Å². The van der Waals surface area contributed by atoms with Gasteiger partial charge in [-0.2, -0.15) is 0 Å². The molecule has 1 amide bonds. The standard InChI is InChI=1S/C19H18ClFN4OS/c1-11-8-9-13(10-16(11)21)22-18(26)12(2)27-19-24-23-17(25(19)3)14-6-4-5-7-15(14)20/h4-10,12H,1-3H3,(H,22,26)/t12-/m0/s1. The maximum absolute atomic E-state index is 13.6. The van der Waals surface area contributed by atoms with Gasteiger partial charge < -0.3 is 9.88 Å². The van der Waals surface area contributed by atoms with Crippen LogP contribution in [0.4, 0.5) is 10.1 Å². The maximum Gasteiger partial charge on any atom is 0.237 e. The van der Waals surface area contributed by atoms with Crippen molar-refractivity contribution >= 4 is 35.0 Å². The first-order chi connectivity index (χ1) is 12.9. The summed E-state index contributed by atoms with van der Waals surface area (Å²) in [6.45, 7) is 3.43. The first-order valence-electron chi connectivity index (χ1n) is 8.24. The number of halogens is 2. The molecule has 27 heavy (non-hydrogen) atoms. The molecule has 1 aromatic heterocycles. The van der Waals surface area contributed by atoms with Gasteiger partial charge in [0.05, 0.1) is 10.3 Å². The Bertz CT molecular complexity index is 992. The monoisotopic (exact) mass is 404 g/mol. The van der Waals surface area contributed by atoms with Gasteiger partial charge in [-0.1, -0.05) is 41.6 Å². The van der Waals surface area contributed by atoms with E-state index in [-0.39, 0.29) is 11.7 Å². The Morgan fingerprint density at radius 2 is 2.00 bits per heavy atom. The molecule has 5 nitrogen and oxygen atoms in total. The van der Waals surface area contributed by atoms with Gasteiger partial charge in [0.1, 0.15) is 5.82 Å². The molecule has 1 N–H and O–H groups in total. The predicted molar refractivity (Wildman–Crippen MR) is 107 cm³/mol. The minimum Gasteiger partial charge on any atom is -0.325 e. The van der Waals surface area contributed by atoms with E-state index in [1.165, 1.54) is 17.8 Å². The molecule has 0 aliphatic carbocycles. The molecule has 0 aliphatic rings. The molecular weight excluding hydrogens is 387 g/mol. The first-order valence-corrected chi connectivity index (χ1v) is 9.50. The number of nitrogens with zero attached hydrogens (tertiary/aromatic N) is 3. The second-order valence-corrected chi connectivity index (χ2v) is 7.77. The number of amides is 1. The van der Waals surface area contributed by atoms with Crippen molar-refractivity contribution in [3.8, 4) is 11.4 Å². The summed E-state index contributed by atoms with van der Waals surface area (Å²) < 4.78 is 15.4. The Balaban J connectivity index is 1.72. The van der Waals surface area contributed by atoms with Crippen LogP contribution in [0.25, 0.3) is 11.4 Å². The molecule has 0 spiro atoms. The van der Waals surface area contributed by atoms with Crippen molar-refractivity contribution in [3.63, 3.8) is 0 Å². The van der Waals surface area contributed by atoms with Crippen molar-refractivity contribution < 1.29 is 9.18 Å². The van der Waals surface area contributed by atoms with Gasteiger partial charge in [-0.25, -0.2) is 4.39 Å². The van der Waals surface area contributed by atoms with Gasteiger partial charge >= 0.3 is 0 Å². The number of aromatic nitrogens is 3. The van der Waals surface area contributed by atoms with Crippen LogP contribution in [0.15, 0.2) is 47.6 Å². The van der Waals surface area contributed by atoms with Crippen LogP contribution in [0.5, 0.6) is 0 Å². The zero-order valence-electron chi connectivity index (χ0n) is 15.0. The molecule has 0 radical (unpaired) electrons. The van der Waals surface area contributed by atoms with Gasteiger partial charge in [0.2, 0.25) is 5.91 Å². The first kappa shape index (κ1) is 19.4. The Hall–Kier alpha value is -2.38. The van der Waals surface area contributed by atoms with E-state index in [9.17, 15) is 9.18 Å². The van der Waals surface area contributed by atoms with E-state index in [1.807, 2.05) is 25.2 Å². The molecule has 0 aliphatic heterocycles. The highest BCUT2D eigenvalue weighted by Gasteiger charge is 2.20. The number of benzene rings is 2. The summed E-state index contributed by atoms with van der Waals surface area (Å²) in [6, 6.07) is 12.0. The molecule has 3 aromatic rings. The van der Waals surface area contributed by atoms with E-state index in [1.54, 1.807) is 36.6 Å². The SMILES string of the molecule is Cc1ccc(NC(=O)[C@H](C)Sc2nnc(-c3ccccc3Cl)n2C)cc1F. The molecule has 0 saturated carbocycles. The molecule has 1 atom stereocenters. The van der Waals surface area contributed by atoms with E-state index in [4.69, 9.17) is 11.6 Å². The lowest BCUT2D eigenvalue weighted by Crippen LogP contribution is -2.23. The minimum atomic E-state index is -0.448. The molecular formula is C19H18ClFN4OS. The number of carbonyl (C=O) groups excluding carboxylic acids is 1. The molecule has 8 heteroatoms. The van der Waals surface area contributed by atoms with Crippen LogP contribution in [0.1, 0.15) is 12.5 Å². The van der Waals surface area contributed by atoms with Gasteiger partial charge in [-0.05, 0) is 43.7 Å². The lowest BCUT2D eigenvalue weighted by atomic mass is 10.2. The predicted octanol–water partition coefficient (Wildman–Crippen LogP) is 4.70. The van der Waals surface area contributed by atoms with Crippen molar-refractivity contribution in [1.29, 1.82) is 0 Å². The summed E-state index contributed by atoms with van der Waals surface area (Å²) in [5.41, 5.74) is 1.72. The van der Waals surface area contributed by atoms with Crippen LogP contribution in [-0.4, -0.2) is 25.9 Å². The smallest absolute Gasteiger partial charge is 0.237 e. The van der Waals surface area contributed by atoms with Crippen LogP contribution in [0.3, 0.4) is 0 Å². The number of thioether (sulfide) groups is 1. The Morgan fingerprint density at radius 3 is 2.70 bits per heavy atom. The van der Waals surface area contributed by atoms with Crippen LogP contribution in [0.2, 0.25) is 5.02 Å². The fourth-order valence-corrected chi connectivity index (χ4v) is 3.46. The van der Waals surface area contributed by atoms with E-state index in [0.29, 0.717) is 27.3 Å². The number of hydrogen-bond acceptors (Lipinski definition) is 4. The van der Waals surface area contributed by atoms with E-state index >= 15 is 0 Å². The highest BCUT2D eigenvalue weighted by atomic mass is 35.5. The van der Waals surface area contributed by atoms with E-state index in [0.717, 1.165) is 5.56 Å². The largest absolute Gasteiger partial charge is 0.325 e.